The highest BCUT2D eigenvalue weighted by Crippen LogP contribution is 2.37. The summed E-state index contributed by atoms with van der Waals surface area (Å²) in [5, 5.41) is 5.76. The molecule has 8 nitrogen and oxygen atoms in total. The molecule has 0 fully saturated rings. The van der Waals surface area contributed by atoms with Crippen LogP contribution in [0.1, 0.15) is 22.9 Å². The van der Waals surface area contributed by atoms with E-state index in [1.807, 2.05) is 42.5 Å². The minimum absolute atomic E-state index is 0.0513. The Morgan fingerprint density at radius 2 is 1.92 bits per heavy atom. The fourth-order valence-corrected chi connectivity index (χ4v) is 5.00. The predicted octanol–water partition coefficient (Wildman–Crippen LogP) is 3.50. The molecule has 39 heavy (non-hydrogen) atoms. The predicted molar refractivity (Wildman–Crippen MR) is 143 cm³/mol. The molecule has 2 N–H and O–H groups in total. The largest absolute Gasteiger partial charge is 0.349 e. The van der Waals surface area contributed by atoms with Crippen LogP contribution in [0.15, 0.2) is 103 Å². The van der Waals surface area contributed by atoms with Gasteiger partial charge in [0, 0.05) is 19.2 Å². The van der Waals surface area contributed by atoms with Gasteiger partial charge in [-0.2, -0.15) is 0 Å². The highest BCUT2D eigenvalue weighted by Gasteiger charge is 2.47. The second kappa shape index (κ2) is 11.3. The Hall–Kier alpha value is -4.79. The summed E-state index contributed by atoms with van der Waals surface area (Å²) >= 11 is 0. The van der Waals surface area contributed by atoms with Crippen molar-refractivity contribution in [1.82, 2.24) is 25.4 Å². The SMILES string of the molecule is C=CCN1C(=O)N[C@H](c2cccc(F)c2)C2=C1CN([C@@H](Cc1ccccc1)C(=O)NCc1ccccn1)C2=O. The van der Waals surface area contributed by atoms with Crippen molar-refractivity contribution in [3.05, 3.63) is 126 Å². The Labute approximate surface area is 225 Å². The van der Waals surface area contributed by atoms with Gasteiger partial charge in [0.05, 0.1) is 36.1 Å². The van der Waals surface area contributed by atoms with Crippen LogP contribution >= 0.6 is 0 Å². The van der Waals surface area contributed by atoms with Crippen molar-refractivity contribution in [2.24, 2.45) is 0 Å². The zero-order valence-corrected chi connectivity index (χ0v) is 21.2. The number of aromatic nitrogens is 1. The molecule has 9 heteroatoms. The van der Waals surface area contributed by atoms with E-state index < -0.39 is 23.9 Å². The number of benzene rings is 2. The number of carbonyl (C=O) groups excluding carboxylic acids is 3. The summed E-state index contributed by atoms with van der Waals surface area (Å²) in [4.78, 5) is 48.0. The first-order valence-corrected chi connectivity index (χ1v) is 12.7. The lowest BCUT2D eigenvalue weighted by Crippen LogP contribution is -2.49. The third kappa shape index (κ3) is 5.43. The van der Waals surface area contributed by atoms with Crippen LogP contribution in [0.4, 0.5) is 9.18 Å². The Kier molecular flexibility index (Phi) is 7.49. The number of carbonyl (C=O) groups is 3. The molecule has 0 unspecified atom stereocenters. The lowest BCUT2D eigenvalue weighted by atomic mass is 9.95. The van der Waals surface area contributed by atoms with Gasteiger partial charge in [0.25, 0.3) is 5.91 Å². The molecule has 3 aromatic rings. The smallest absolute Gasteiger partial charge is 0.322 e. The topological polar surface area (TPSA) is 94.6 Å². The number of hydrogen-bond acceptors (Lipinski definition) is 4. The van der Waals surface area contributed by atoms with Gasteiger partial charge < -0.3 is 15.5 Å². The first-order chi connectivity index (χ1) is 19.0. The van der Waals surface area contributed by atoms with Crippen LogP contribution in [0.3, 0.4) is 0 Å². The van der Waals surface area contributed by atoms with E-state index in [1.165, 1.54) is 28.0 Å². The minimum Gasteiger partial charge on any atom is -0.349 e. The summed E-state index contributed by atoms with van der Waals surface area (Å²) in [7, 11) is 0. The Morgan fingerprint density at radius 3 is 2.64 bits per heavy atom. The molecule has 4 amide bonds. The van der Waals surface area contributed by atoms with Crippen LogP contribution in [-0.2, 0) is 22.6 Å². The Balaban J connectivity index is 1.49. The van der Waals surface area contributed by atoms with Gasteiger partial charge in [-0.1, -0.05) is 54.6 Å². The van der Waals surface area contributed by atoms with Gasteiger partial charge in [0.1, 0.15) is 11.9 Å². The van der Waals surface area contributed by atoms with Crippen molar-refractivity contribution in [1.29, 1.82) is 0 Å². The maximum atomic E-state index is 14.1. The standard InChI is InChI=1S/C30H28FN5O3/c1-2-15-35-25-19-36(29(38)26(25)27(34-30(35)39)21-11-8-12-22(31)17-21)24(16-20-9-4-3-5-10-20)28(37)33-18-23-13-6-7-14-32-23/h2-14,17,24,27H,1,15-16,18-19H2,(H,33,37)(H,34,39)/t24-,27+/m0/s1. The van der Waals surface area contributed by atoms with Gasteiger partial charge in [-0.15, -0.1) is 6.58 Å². The van der Waals surface area contributed by atoms with E-state index in [0.717, 1.165) is 5.56 Å². The number of hydrogen-bond donors (Lipinski definition) is 2. The Morgan fingerprint density at radius 1 is 1.13 bits per heavy atom. The first kappa shape index (κ1) is 25.8. The summed E-state index contributed by atoms with van der Waals surface area (Å²) in [6.45, 7) is 4.17. The van der Waals surface area contributed by atoms with Crippen molar-refractivity contribution in [2.75, 3.05) is 13.1 Å². The van der Waals surface area contributed by atoms with Crippen LogP contribution in [-0.4, -0.2) is 51.8 Å². The van der Waals surface area contributed by atoms with Gasteiger partial charge in [0.2, 0.25) is 5.91 Å². The first-order valence-electron chi connectivity index (χ1n) is 12.7. The molecule has 0 radical (unpaired) electrons. The lowest BCUT2D eigenvalue weighted by Gasteiger charge is -2.33. The third-order valence-corrected chi connectivity index (χ3v) is 6.86. The minimum atomic E-state index is -0.858. The van der Waals surface area contributed by atoms with Crippen molar-refractivity contribution < 1.29 is 18.8 Å². The number of amides is 4. The second-order valence-corrected chi connectivity index (χ2v) is 9.37. The number of nitrogens with one attached hydrogen (secondary N) is 2. The molecule has 0 aliphatic carbocycles. The zero-order valence-electron chi connectivity index (χ0n) is 21.2. The van der Waals surface area contributed by atoms with Gasteiger partial charge in [-0.3, -0.25) is 19.5 Å². The maximum absolute atomic E-state index is 14.1. The summed E-state index contributed by atoms with van der Waals surface area (Å²) < 4.78 is 14.1. The van der Waals surface area contributed by atoms with Gasteiger partial charge in [-0.25, -0.2) is 9.18 Å². The summed E-state index contributed by atoms with van der Waals surface area (Å²) in [5.41, 5.74) is 2.81. The molecule has 0 bridgehead atoms. The van der Waals surface area contributed by atoms with Crippen LogP contribution < -0.4 is 10.6 Å². The molecule has 2 atom stereocenters. The van der Waals surface area contributed by atoms with E-state index in [2.05, 4.69) is 22.2 Å². The van der Waals surface area contributed by atoms with Crippen molar-refractivity contribution in [2.45, 2.75) is 25.0 Å². The van der Waals surface area contributed by atoms with E-state index in [4.69, 9.17) is 0 Å². The van der Waals surface area contributed by atoms with Gasteiger partial charge >= 0.3 is 6.03 Å². The van der Waals surface area contributed by atoms with E-state index in [-0.39, 0.29) is 37.9 Å². The fraction of sp³-hybridized carbons (Fsp3) is 0.200. The van der Waals surface area contributed by atoms with Crippen molar-refractivity contribution in [3.63, 3.8) is 0 Å². The molecule has 3 heterocycles. The molecule has 0 saturated heterocycles. The van der Waals surface area contributed by atoms with Gasteiger partial charge in [0.15, 0.2) is 0 Å². The Bertz CT molecular complexity index is 1430. The van der Waals surface area contributed by atoms with E-state index in [9.17, 15) is 18.8 Å². The number of nitrogens with zero attached hydrogens (tertiary/aromatic N) is 3. The zero-order chi connectivity index (χ0) is 27.4. The molecule has 2 aliphatic rings. The summed E-state index contributed by atoms with van der Waals surface area (Å²) in [5.74, 6) is -1.20. The molecule has 2 aliphatic heterocycles. The molecule has 5 rings (SSSR count). The maximum Gasteiger partial charge on any atom is 0.322 e. The number of pyridine rings is 1. The second-order valence-electron chi connectivity index (χ2n) is 9.37. The number of rotatable bonds is 9. The number of halogens is 1. The van der Waals surface area contributed by atoms with Crippen LogP contribution in [0, 0.1) is 5.82 Å². The van der Waals surface area contributed by atoms with Crippen LogP contribution in [0.2, 0.25) is 0 Å². The lowest BCUT2D eigenvalue weighted by molar-refractivity contribution is -0.136. The monoisotopic (exact) mass is 525 g/mol. The molecular formula is C30H28FN5O3. The summed E-state index contributed by atoms with van der Waals surface area (Å²) in [6.07, 6.45) is 3.49. The molecule has 0 saturated carbocycles. The van der Waals surface area contributed by atoms with Crippen molar-refractivity contribution >= 4 is 17.8 Å². The van der Waals surface area contributed by atoms with Gasteiger partial charge in [-0.05, 0) is 35.4 Å². The highest BCUT2D eigenvalue weighted by molar-refractivity contribution is 6.03. The normalized spacial score (nSPS) is 17.5. The highest BCUT2D eigenvalue weighted by atomic mass is 19.1. The summed E-state index contributed by atoms with van der Waals surface area (Å²) in [6, 6.07) is 18.6. The average Bonchev–Trinajstić information content (AvgIpc) is 3.29. The average molecular weight is 526 g/mol. The van der Waals surface area contributed by atoms with E-state index in [0.29, 0.717) is 22.5 Å². The van der Waals surface area contributed by atoms with E-state index in [1.54, 1.807) is 24.4 Å². The number of urea groups is 1. The van der Waals surface area contributed by atoms with Crippen molar-refractivity contribution in [3.8, 4) is 0 Å². The molecule has 2 aromatic carbocycles. The van der Waals surface area contributed by atoms with Crippen LogP contribution in [0.5, 0.6) is 0 Å². The van der Waals surface area contributed by atoms with Crippen LogP contribution in [0.25, 0.3) is 0 Å². The molecule has 198 valence electrons. The van der Waals surface area contributed by atoms with E-state index >= 15 is 0 Å². The molecular weight excluding hydrogens is 497 g/mol. The fourth-order valence-electron chi connectivity index (χ4n) is 5.00. The molecule has 0 spiro atoms. The third-order valence-electron chi connectivity index (χ3n) is 6.86. The molecule has 1 aromatic heterocycles. The quantitative estimate of drug-likeness (QED) is 0.418.